The van der Waals surface area contributed by atoms with Crippen molar-refractivity contribution in [2.75, 3.05) is 35.2 Å². The van der Waals surface area contributed by atoms with E-state index in [1.807, 2.05) is 0 Å². The highest BCUT2D eigenvalue weighted by Crippen LogP contribution is 2.21. The topological polar surface area (TPSA) is 66.0 Å². The summed E-state index contributed by atoms with van der Waals surface area (Å²) < 4.78 is 0. The van der Waals surface area contributed by atoms with E-state index in [0.29, 0.717) is 17.9 Å². The highest BCUT2D eigenvalue weighted by atomic mass is 15.3. The lowest BCUT2D eigenvalue weighted by atomic mass is 9.96. The number of anilines is 3. The van der Waals surface area contributed by atoms with Crippen LogP contribution >= 0.6 is 0 Å². The Morgan fingerprint density at radius 2 is 1.62 bits per heavy atom. The lowest BCUT2D eigenvalue weighted by Gasteiger charge is -2.24. The van der Waals surface area contributed by atoms with Crippen molar-refractivity contribution in [3.63, 3.8) is 0 Å². The fraction of sp³-hybridized carbons (Fsp3) is 0.800. The maximum absolute atomic E-state index is 4.60. The number of nitrogens with zero attached hydrogens (tertiary/aromatic N) is 4. The molecule has 1 saturated carbocycles. The van der Waals surface area contributed by atoms with Gasteiger partial charge in [-0.15, -0.1) is 0 Å². The van der Waals surface area contributed by atoms with Crippen LogP contribution in [0.15, 0.2) is 0 Å². The van der Waals surface area contributed by atoms with Gasteiger partial charge >= 0.3 is 0 Å². The van der Waals surface area contributed by atoms with Gasteiger partial charge in [0.25, 0.3) is 0 Å². The maximum Gasteiger partial charge on any atom is 0.231 e. The van der Waals surface area contributed by atoms with Gasteiger partial charge in [0.15, 0.2) is 0 Å². The molecule has 0 amide bonds. The van der Waals surface area contributed by atoms with Gasteiger partial charge in [-0.05, 0) is 33.6 Å². The first-order valence-corrected chi connectivity index (χ1v) is 8.28. The molecule has 0 saturated heterocycles. The van der Waals surface area contributed by atoms with Crippen LogP contribution in [0.25, 0.3) is 0 Å². The van der Waals surface area contributed by atoms with Gasteiger partial charge in [-0.3, -0.25) is 0 Å². The molecule has 21 heavy (non-hydrogen) atoms. The standard InChI is InChI=1S/C15H28N6/c1-4-16-13-18-14(17-12-10-8-7-9-11-12)20-15(19-13)21(5-2)6-3/h12H,4-11H2,1-3H3,(H2,16,17,18,19,20). The normalized spacial score (nSPS) is 15.8. The number of rotatable bonds is 7. The molecule has 1 aromatic rings. The van der Waals surface area contributed by atoms with E-state index in [9.17, 15) is 0 Å². The molecule has 6 heteroatoms. The number of hydrogen-bond acceptors (Lipinski definition) is 6. The Morgan fingerprint density at radius 3 is 2.24 bits per heavy atom. The van der Waals surface area contributed by atoms with Gasteiger partial charge in [-0.25, -0.2) is 0 Å². The summed E-state index contributed by atoms with van der Waals surface area (Å²) in [5.41, 5.74) is 0. The summed E-state index contributed by atoms with van der Waals surface area (Å²) in [7, 11) is 0. The van der Waals surface area contributed by atoms with Crippen molar-refractivity contribution in [1.29, 1.82) is 0 Å². The third kappa shape index (κ3) is 4.44. The van der Waals surface area contributed by atoms with E-state index in [1.54, 1.807) is 0 Å². The Morgan fingerprint density at radius 1 is 0.952 bits per heavy atom. The minimum Gasteiger partial charge on any atom is -0.354 e. The van der Waals surface area contributed by atoms with Crippen molar-refractivity contribution >= 4 is 17.8 Å². The quantitative estimate of drug-likeness (QED) is 0.805. The van der Waals surface area contributed by atoms with Crippen LogP contribution in [0.1, 0.15) is 52.9 Å². The molecule has 0 bridgehead atoms. The third-order valence-electron chi connectivity index (χ3n) is 3.94. The van der Waals surface area contributed by atoms with Crippen molar-refractivity contribution < 1.29 is 0 Å². The molecule has 0 unspecified atom stereocenters. The fourth-order valence-corrected chi connectivity index (χ4v) is 2.74. The maximum atomic E-state index is 4.60. The monoisotopic (exact) mass is 292 g/mol. The summed E-state index contributed by atoms with van der Waals surface area (Å²) in [6, 6.07) is 0.500. The molecule has 0 spiro atoms. The molecular formula is C15H28N6. The summed E-state index contributed by atoms with van der Waals surface area (Å²) in [5, 5.41) is 6.69. The molecule has 2 rings (SSSR count). The van der Waals surface area contributed by atoms with Crippen molar-refractivity contribution in [3.8, 4) is 0 Å². The van der Waals surface area contributed by atoms with Crippen LogP contribution < -0.4 is 15.5 Å². The van der Waals surface area contributed by atoms with Crippen LogP contribution in [0.2, 0.25) is 0 Å². The van der Waals surface area contributed by atoms with Gasteiger partial charge < -0.3 is 15.5 Å². The SMILES string of the molecule is CCNc1nc(NC2CCCCC2)nc(N(CC)CC)n1. The molecule has 118 valence electrons. The van der Waals surface area contributed by atoms with E-state index in [1.165, 1.54) is 32.1 Å². The molecule has 0 aliphatic heterocycles. The smallest absolute Gasteiger partial charge is 0.231 e. The first-order valence-electron chi connectivity index (χ1n) is 8.28. The molecule has 1 aliphatic rings. The van der Waals surface area contributed by atoms with Crippen molar-refractivity contribution in [3.05, 3.63) is 0 Å². The van der Waals surface area contributed by atoms with Gasteiger partial charge in [0.1, 0.15) is 0 Å². The molecule has 1 aliphatic carbocycles. The van der Waals surface area contributed by atoms with Crippen LogP contribution in [0.5, 0.6) is 0 Å². The van der Waals surface area contributed by atoms with E-state index in [0.717, 1.165) is 25.6 Å². The number of nitrogens with one attached hydrogen (secondary N) is 2. The summed E-state index contributed by atoms with van der Waals surface area (Å²) in [5.74, 6) is 2.12. The Balaban J connectivity index is 2.17. The van der Waals surface area contributed by atoms with Crippen LogP contribution in [0.3, 0.4) is 0 Å². The van der Waals surface area contributed by atoms with Crippen LogP contribution in [0.4, 0.5) is 17.8 Å². The van der Waals surface area contributed by atoms with Crippen molar-refractivity contribution in [1.82, 2.24) is 15.0 Å². The Kier molecular flexibility index (Phi) is 6.02. The average Bonchev–Trinajstić information content (AvgIpc) is 2.50. The second-order valence-corrected chi connectivity index (χ2v) is 5.46. The molecule has 0 aromatic carbocycles. The Hall–Kier alpha value is -1.59. The zero-order valence-corrected chi connectivity index (χ0v) is 13.5. The van der Waals surface area contributed by atoms with Gasteiger partial charge in [0, 0.05) is 25.7 Å². The first-order chi connectivity index (χ1) is 10.3. The average molecular weight is 292 g/mol. The molecule has 1 aromatic heterocycles. The van der Waals surface area contributed by atoms with E-state index >= 15 is 0 Å². The minimum atomic E-state index is 0.500. The molecule has 2 N–H and O–H groups in total. The van der Waals surface area contributed by atoms with Gasteiger partial charge in [-0.2, -0.15) is 15.0 Å². The van der Waals surface area contributed by atoms with Crippen molar-refractivity contribution in [2.24, 2.45) is 0 Å². The Labute approximate surface area is 127 Å². The van der Waals surface area contributed by atoms with E-state index in [2.05, 4.69) is 51.3 Å². The first kappa shape index (κ1) is 15.8. The molecular weight excluding hydrogens is 264 g/mol. The van der Waals surface area contributed by atoms with E-state index in [-0.39, 0.29) is 0 Å². The highest BCUT2D eigenvalue weighted by Gasteiger charge is 2.16. The van der Waals surface area contributed by atoms with E-state index < -0.39 is 0 Å². The molecule has 0 radical (unpaired) electrons. The van der Waals surface area contributed by atoms with Gasteiger partial charge in [0.05, 0.1) is 0 Å². The predicted octanol–water partition coefficient (Wildman–Crippen LogP) is 2.89. The molecule has 0 atom stereocenters. The fourth-order valence-electron chi connectivity index (χ4n) is 2.74. The second-order valence-electron chi connectivity index (χ2n) is 5.46. The minimum absolute atomic E-state index is 0.500. The van der Waals surface area contributed by atoms with Crippen LogP contribution in [-0.4, -0.2) is 40.6 Å². The predicted molar refractivity (Wildman–Crippen MR) is 88.0 cm³/mol. The zero-order valence-electron chi connectivity index (χ0n) is 13.5. The van der Waals surface area contributed by atoms with Gasteiger partial charge in [-0.1, -0.05) is 19.3 Å². The number of aromatic nitrogens is 3. The molecule has 6 nitrogen and oxygen atoms in total. The van der Waals surface area contributed by atoms with E-state index in [4.69, 9.17) is 0 Å². The van der Waals surface area contributed by atoms with Crippen molar-refractivity contribution in [2.45, 2.75) is 58.9 Å². The molecule has 1 heterocycles. The lowest BCUT2D eigenvalue weighted by Crippen LogP contribution is -2.27. The molecule has 1 fully saturated rings. The highest BCUT2D eigenvalue weighted by molar-refractivity contribution is 5.44. The largest absolute Gasteiger partial charge is 0.354 e. The lowest BCUT2D eigenvalue weighted by molar-refractivity contribution is 0.460. The number of hydrogen-bond donors (Lipinski definition) is 2. The summed E-state index contributed by atoms with van der Waals surface area (Å²) in [6.45, 7) is 8.90. The van der Waals surface area contributed by atoms with Crippen LogP contribution in [0, 0.1) is 0 Å². The Bertz CT molecular complexity index is 426. The van der Waals surface area contributed by atoms with Gasteiger partial charge in [0.2, 0.25) is 17.8 Å². The second kappa shape index (κ2) is 8.00. The summed E-state index contributed by atoms with van der Waals surface area (Å²) >= 11 is 0. The summed E-state index contributed by atoms with van der Waals surface area (Å²) in [4.78, 5) is 15.8. The van der Waals surface area contributed by atoms with Crippen LogP contribution in [-0.2, 0) is 0 Å². The zero-order chi connectivity index (χ0) is 15.1. The summed E-state index contributed by atoms with van der Waals surface area (Å²) in [6.07, 6.45) is 6.37. The third-order valence-corrected chi connectivity index (χ3v) is 3.94.